The highest BCUT2D eigenvalue weighted by molar-refractivity contribution is 5.57. The molecule has 3 rings (SSSR count). The van der Waals surface area contributed by atoms with Gasteiger partial charge in [0, 0.05) is 18.2 Å². The number of rotatable bonds is 4. The van der Waals surface area contributed by atoms with Gasteiger partial charge in [0.15, 0.2) is 0 Å². The molecule has 2 heterocycles. The van der Waals surface area contributed by atoms with E-state index in [2.05, 4.69) is 15.3 Å². The van der Waals surface area contributed by atoms with E-state index < -0.39 is 0 Å². The molecule has 0 aliphatic heterocycles. The van der Waals surface area contributed by atoms with Gasteiger partial charge in [-0.05, 0) is 11.5 Å². The summed E-state index contributed by atoms with van der Waals surface area (Å²) in [6, 6.07) is 9.53. The van der Waals surface area contributed by atoms with Crippen molar-refractivity contribution in [2.45, 2.75) is 26.3 Å². The first-order chi connectivity index (χ1) is 10.2. The first-order valence-corrected chi connectivity index (χ1v) is 6.77. The molecule has 0 amide bonds. The normalized spacial score (nSPS) is 11.2. The average Bonchev–Trinajstić information content (AvgIpc) is 3.16. The van der Waals surface area contributed by atoms with Crippen LogP contribution < -0.4 is 5.73 Å². The molecule has 0 aliphatic rings. The number of aromatic nitrogens is 3. The lowest BCUT2D eigenvalue weighted by Gasteiger charge is -1.97. The molecule has 0 fully saturated rings. The predicted octanol–water partition coefficient (Wildman–Crippen LogP) is 2.97. The van der Waals surface area contributed by atoms with E-state index in [-0.39, 0.29) is 5.92 Å². The summed E-state index contributed by atoms with van der Waals surface area (Å²) in [7, 11) is 0. The van der Waals surface area contributed by atoms with Crippen LogP contribution in [0, 0.1) is 0 Å². The van der Waals surface area contributed by atoms with E-state index >= 15 is 0 Å². The van der Waals surface area contributed by atoms with Crippen molar-refractivity contribution < 1.29 is 9.05 Å². The summed E-state index contributed by atoms with van der Waals surface area (Å²) in [6.07, 6.45) is 0. The van der Waals surface area contributed by atoms with E-state index in [1.165, 1.54) is 0 Å². The molecular weight excluding hydrogens is 268 g/mol. The van der Waals surface area contributed by atoms with Gasteiger partial charge < -0.3 is 14.8 Å². The molecule has 21 heavy (non-hydrogen) atoms. The van der Waals surface area contributed by atoms with Crippen LogP contribution in [0.5, 0.6) is 0 Å². The first-order valence-electron chi connectivity index (χ1n) is 6.77. The lowest BCUT2D eigenvalue weighted by molar-refractivity contribution is 0.380. The minimum Gasteiger partial charge on any atom is -0.351 e. The minimum atomic E-state index is 0.286. The molecule has 6 nitrogen and oxygen atoms in total. The van der Waals surface area contributed by atoms with Crippen molar-refractivity contribution in [1.29, 1.82) is 0 Å². The second kappa shape index (κ2) is 5.49. The van der Waals surface area contributed by atoms with Gasteiger partial charge in [0.1, 0.15) is 0 Å². The van der Waals surface area contributed by atoms with Crippen LogP contribution in [-0.4, -0.2) is 15.3 Å². The third-order valence-electron chi connectivity index (χ3n) is 3.20. The predicted molar refractivity (Wildman–Crippen MR) is 77.2 cm³/mol. The van der Waals surface area contributed by atoms with Gasteiger partial charge in [-0.15, -0.1) is 0 Å². The Morgan fingerprint density at radius 2 is 1.86 bits per heavy atom. The van der Waals surface area contributed by atoms with Crippen molar-refractivity contribution in [3.63, 3.8) is 0 Å². The second-order valence-corrected chi connectivity index (χ2v) is 5.09. The zero-order valence-electron chi connectivity index (χ0n) is 11.9. The van der Waals surface area contributed by atoms with Gasteiger partial charge in [-0.25, -0.2) is 0 Å². The fourth-order valence-corrected chi connectivity index (χ4v) is 1.89. The Hall–Kier alpha value is -2.47. The molecule has 2 aromatic heterocycles. The lowest BCUT2D eigenvalue weighted by atomic mass is 10.1. The van der Waals surface area contributed by atoms with Crippen LogP contribution >= 0.6 is 0 Å². The summed E-state index contributed by atoms with van der Waals surface area (Å²) in [4.78, 5) is 4.34. The molecule has 0 aliphatic carbocycles. The third kappa shape index (κ3) is 2.71. The summed E-state index contributed by atoms with van der Waals surface area (Å²) >= 11 is 0. The molecule has 0 saturated heterocycles. The number of hydrogen-bond acceptors (Lipinski definition) is 6. The van der Waals surface area contributed by atoms with Gasteiger partial charge in [-0.2, -0.15) is 4.98 Å². The van der Waals surface area contributed by atoms with Gasteiger partial charge in [-0.3, -0.25) is 0 Å². The number of benzene rings is 1. The summed E-state index contributed by atoms with van der Waals surface area (Å²) in [5.41, 5.74) is 8.36. The fourth-order valence-electron chi connectivity index (χ4n) is 1.89. The van der Waals surface area contributed by atoms with Crippen LogP contribution in [-0.2, 0) is 6.54 Å². The van der Waals surface area contributed by atoms with Crippen molar-refractivity contribution in [2.24, 2.45) is 5.73 Å². The molecular formula is C15H16N4O2. The van der Waals surface area contributed by atoms with Gasteiger partial charge in [0.25, 0.3) is 5.89 Å². The monoisotopic (exact) mass is 284 g/mol. The van der Waals surface area contributed by atoms with E-state index in [0.29, 0.717) is 24.0 Å². The zero-order valence-corrected chi connectivity index (χ0v) is 11.9. The maximum absolute atomic E-state index is 5.58. The highest BCUT2D eigenvalue weighted by Crippen LogP contribution is 2.25. The van der Waals surface area contributed by atoms with Crippen molar-refractivity contribution in [3.8, 4) is 23.0 Å². The van der Waals surface area contributed by atoms with Gasteiger partial charge in [0.05, 0.1) is 5.69 Å². The molecule has 3 aromatic rings. The van der Waals surface area contributed by atoms with Crippen LogP contribution in [0.3, 0.4) is 0 Å². The van der Waals surface area contributed by atoms with E-state index in [1.807, 2.05) is 44.2 Å². The van der Waals surface area contributed by atoms with E-state index in [9.17, 15) is 0 Å². The SMILES string of the molecule is CC(C)c1cc(-c2nc(-c3ccc(CN)cc3)no2)on1. The van der Waals surface area contributed by atoms with Crippen LogP contribution in [0.15, 0.2) is 39.4 Å². The molecule has 0 atom stereocenters. The third-order valence-corrected chi connectivity index (χ3v) is 3.20. The summed E-state index contributed by atoms with van der Waals surface area (Å²) in [5, 5.41) is 7.95. The average molecular weight is 284 g/mol. The summed E-state index contributed by atoms with van der Waals surface area (Å²) < 4.78 is 10.5. The van der Waals surface area contributed by atoms with E-state index in [4.69, 9.17) is 14.8 Å². The van der Waals surface area contributed by atoms with E-state index in [1.54, 1.807) is 0 Å². The Bertz CT molecular complexity index is 728. The lowest BCUT2D eigenvalue weighted by Crippen LogP contribution is -1.95. The van der Waals surface area contributed by atoms with Crippen molar-refractivity contribution in [1.82, 2.24) is 15.3 Å². The zero-order chi connectivity index (χ0) is 14.8. The largest absolute Gasteiger partial charge is 0.351 e. The van der Waals surface area contributed by atoms with Crippen LogP contribution in [0.4, 0.5) is 0 Å². The van der Waals surface area contributed by atoms with Gasteiger partial charge >= 0.3 is 0 Å². The molecule has 0 spiro atoms. The Morgan fingerprint density at radius 3 is 2.48 bits per heavy atom. The Labute approximate surface area is 121 Å². The molecule has 6 heteroatoms. The fraction of sp³-hybridized carbons (Fsp3) is 0.267. The molecule has 0 radical (unpaired) electrons. The molecule has 108 valence electrons. The van der Waals surface area contributed by atoms with Crippen molar-refractivity contribution in [2.75, 3.05) is 0 Å². The minimum absolute atomic E-state index is 0.286. The number of nitrogens with zero attached hydrogens (tertiary/aromatic N) is 3. The smallest absolute Gasteiger partial charge is 0.296 e. The topological polar surface area (TPSA) is 91.0 Å². The van der Waals surface area contributed by atoms with Gasteiger partial charge in [-0.1, -0.05) is 48.4 Å². The maximum atomic E-state index is 5.58. The van der Waals surface area contributed by atoms with Crippen molar-refractivity contribution in [3.05, 3.63) is 41.6 Å². The van der Waals surface area contributed by atoms with Crippen LogP contribution in [0.2, 0.25) is 0 Å². The second-order valence-electron chi connectivity index (χ2n) is 5.09. The van der Waals surface area contributed by atoms with Gasteiger partial charge in [0.2, 0.25) is 11.6 Å². The maximum Gasteiger partial charge on any atom is 0.296 e. The standard InChI is InChI=1S/C15H16N4O2/c1-9(2)12-7-13(20-18-12)15-17-14(19-21-15)11-5-3-10(8-16)4-6-11/h3-7,9H,8,16H2,1-2H3. The highest BCUT2D eigenvalue weighted by Gasteiger charge is 2.16. The van der Waals surface area contributed by atoms with Crippen LogP contribution in [0.1, 0.15) is 31.0 Å². The highest BCUT2D eigenvalue weighted by atomic mass is 16.5. The summed E-state index contributed by atoms with van der Waals surface area (Å²) in [5.74, 6) is 1.60. The molecule has 0 bridgehead atoms. The molecule has 0 saturated carbocycles. The molecule has 0 unspecified atom stereocenters. The number of hydrogen-bond donors (Lipinski definition) is 1. The van der Waals surface area contributed by atoms with E-state index in [0.717, 1.165) is 16.8 Å². The Kier molecular flexibility index (Phi) is 3.53. The number of nitrogens with two attached hydrogens (primary N) is 1. The quantitative estimate of drug-likeness (QED) is 0.792. The Balaban J connectivity index is 1.87. The first kappa shape index (κ1) is 13.5. The van der Waals surface area contributed by atoms with Crippen LogP contribution in [0.25, 0.3) is 23.0 Å². The molecule has 2 N–H and O–H groups in total. The Morgan fingerprint density at radius 1 is 1.10 bits per heavy atom. The van der Waals surface area contributed by atoms with Crippen molar-refractivity contribution >= 4 is 0 Å². The molecule has 1 aromatic carbocycles. The summed E-state index contributed by atoms with van der Waals surface area (Å²) in [6.45, 7) is 4.59.